The number of thiophene rings is 1. The minimum atomic E-state index is -0.255. The molecule has 3 heterocycles. The summed E-state index contributed by atoms with van der Waals surface area (Å²) in [6.45, 7) is 4.22. The predicted octanol–water partition coefficient (Wildman–Crippen LogP) is 3.03. The lowest BCUT2D eigenvalue weighted by Crippen LogP contribution is -2.41. The van der Waals surface area contributed by atoms with Crippen LogP contribution in [0.1, 0.15) is 28.2 Å². The minimum Gasteiger partial charge on any atom is -0.492 e. The highest BCUT2D eigenvalue weighted by Crippen LogP contribution is 2.20. The molecule has 1 saturated heterocycles. The number of nitrogens with one attached hydrogen (secondary N) is 1. The van der Waals surface area contributed by atoms with Crippen molar-refractivity contribution in [1.29, 1.82) is 0 Å². The average Bonchev–Trinajstić information content (AvgIpc) is 3.33. The molecule has 4 rings (SSSR count). The molecule has 0 saturated carbocycles. The van der Waals surface area contributed by atoms with Crippen LogP contribution < -0.4 is 15.6 Å². The van der Waals surface area contributed by atoms with E-state index in [0.29, 0.717) is 19.1 Å². The third-order valence-electron chi connectivity index (χ3n) is 5.53. The van der Waals surface area contributed by atoms with Crippen LogP contribution in [0.4, 0.5) is 0 Å². The van der Waals surface area contributed by atoms with Crippen molar-refractivity contribution in [2.75, 3.05) is 26.2 Å². The van der Waals surface area contributed by atoms with Crippen molar-refractivity contribution in [1.82, 2.24) is 20.0 Å². The Morgan fingerprint density at radius 1 is 1.16 bits per heavy atom. The Morgan fingerprint density at radius 2 is 2.03 bits per heavy atom. The van der Waals surface area contributed by atoms with Crippen LogP contribution in [0.25, 0.3) is 0 Å². The molecular formula is C24H28N4O3S. The van der Waals surface area contributed by atoms with E-state index in [2.05, 4.69) is 32.8 Å². The topological polar surface area (TPSA) is 76.5 Å². The van der Waals surface area contributed by atoms with Crippen LogP contribution in [-0.4, -0.2) is 46.8 Å². The normalized spacial score (nSPS) is 16.6. The van der Waals surface area contributed by atoms with Crippen molar-refractivity contribution in [3.05, 3.63) is 80.9 Å². The number of aromatic nitrogens is 2. The van der Waals surface area contributed by atoms with Crippen LogP contribution >= 0.6 is 11.3 Å². The van der Waals surface area contributed by atoms with Crippen molar-refractivity contribution < 1.29 is 9.53 Å². The summed E-state index contributed by atoms with van der Waals surface area (Å²) in [6, 6.07) is 16.5. The van der Waals surface area contributed by atoms with Gasteiger partial charge in [-0.1, -0.05) is 24.3 Å². The molecule has 3 aromatic rings. The summed E-state index contributed by atoms with van der Waals surface area (Å²) in [4.78, 5) is 28.6. The van der Waals surface area contributed by atoms with Crippen molar-refractivity contribution >= 4 is 17.2 Å². The molecule has 2 aromatic heterocycles. The van der Waals surface area contributed by atoms with Crippen molar-refractivity contribution in [2.45, 2.75) is 25.9 Å². The summed E-state index contributed by atoms with van der Waals surface area (Å²) in [7, 11) is 0. The number of benzene rings is 1. The summed E-state index contributed by atoms with van der Waals surface area (Å²) < 4.78 is 6.91. The molecule has 0 aliphatic carbocycles. The second-order valence-corrected chi connectivity index (χ2v) is 9.01. The summed E-state index contributed by atoms with van der Waals surface area (Å²) in [5.74, 6) is 0.894. The lowest BCUT2D eigenvalue weighted by molar-refractivity contribution is 0.0923. The Kier molecular flexibility index (Phi) is 7.68. The Balaban J connectivity index is 1.27. The van der Waals surface area contributed by atoms with E-state index in [1.54, 1.807) is 11.3 Å². The molecule has 0 radical (unpaired) electrons. The maximum Gasteiger partial charge on any atom is 0.271 e. The van der Waals surface area contributed by atoms with Gasteiger partial charge in [0.25, 0.3) is 11.5 Å². The molecule has 1 fully saturated rings. The molecule has 8 heteroatoms. The first-order valence-corrected chi connectivity index (χ1v) is 11.8. The van der Waals surface area contributed by atoms with Gasteiger partial charge < -0.3 is 10.1 Å². The fourth-order valence-electron chi connectivity index (χ4n) is 3.91. The van der Waals surface area contributed by atoms with Gasteiger partial charge in [0.1, 0.15) is 18.1 Å². The third-order valence-corrected chi connectivity index (χ3v) is 6.39. The van der Waals surface area contributed by atoms with Crippen LogP contribution in [0.5, 0.6) is 5.75 Å². The molecule has 1 aliphatic heterocycles. The quantitative estimate of drug-likeness (QED) is 0.540. The summed E-state index contributed by atoms with van der Waals surface area (Å²) in [5, 5.41) is 9.35. The number of nitrogens with zero attached hydrogens (tertiary/aromatic N) is 3. The lowest BCUT2D eigenvalue weighted by Gasteiger charge is -2.32. The molecule has 7 nitrogen and oxygen atoms in total. The molecule has 168 valence electrons. The number of likely N-dealkylation sites (tertiary alicyclic amines) is 1. The number of hydrogen-bond donors (Lipinski definition) is 1. The van der Waals surface area contributed by atoms with E-state index in [1.807, 2.05) is 30.3 Å². The van der Waals surface area contributed by atoms with Crippen molar-refractivity contribution in [3.63, 3.8) is 0 Å². The van der Waals surface area contributed by atoms with Crippen LogP contribution in [0.2, 0.25) is 0 Å². The molecule has 1 amide bonds. The zero-order valence-corrected chi connectivity index (χ0v) is 18.8. The highest BCUT2D eigenvalue weighted by Gasteiger charge is 2.21. The summed E-state index contributed by atoms with van der Waals surface area (Å²) in [6.07, 6.45) is 2.24. The van der Waals surface area contributed by atoms with E-state index < -0.39 is 0 Å². The lowest BCUT2D eigenvalue weighted by atomic mass is 9.98. The Bertz CT molecular complexity index is 1050. The third kappa shape index (κ3) is 6.27. The number of amides is 1. The molecular weight excluding hydrogens is 424 g/mol. The van der Waals surface area contributed by atoms with Gasteiger partial charge in [-0.3, -0.25) is 14.5 Å². The maximum absolute atomic E-state index is 12.7. The number of rotatable bonds is 9. The van der Waals surface area contributed by atoms with Gasteiger partial charge in [0.15, 0.2) is 0 Å². The smallest absolute Gasteiger partial charge is 0.271 e. The second kappa shape index (κ2) is 11.1. The first kappa shape index (κ1) is 22.2. The van der Waals surface area contributed by atoms with Gasteiger partial charge in [-0.2, -0.15) is 5.10 Å². The van der Waals surface area contributed by atoms with Crippen LogP contribution in [0.15, 0.2) is 64.8 Å². The molecule has 0 bridgehead atoms. The Hall–Kier alpha value is -2.97. The fourth-order valence-corrected chi connectivity index (χ4v) is 4.66. The van der Waals surface area contributed by atoms with Gasteiger partial charge in [0.05, 0.1) is 6.54 Å². The first-order valence-electron chi connectivity index (χ1n) is 11.0. The summed E-state index contributed by atoms with van der Waals surface area (Å²) in [5.41, 5.74) is -0.00901. The van der Waals surface area contributed by atoms with Gasteiger partial charge in [0.2, 0.25) is 0 Å². The number of ether oxygens (including phenoxy) is 1. The SMILES string of the molecule is O=C(NCC1CCCN(Cc2cccs2)C1)c1ccc(=O)n(CCOc2ccccc2)n1. The zero-order valence-electron chi connectivity index (χ0n) is 18.0. The van der Waals surface area contributed by atoms with Crippen molar-refractivity contribution in [2.24, 2.45) is 5.92 Å². The van der Waals surface area contributed by atoms with E-state index >= 15 is 0 Å². The Labute approximate surface area is 191 Å². The second-order valence-electron chi connectivity index (χ2n) is 7.97. The van der Waals surface area contributed by atoms with Crippen LogP contribution in [0, 0.1) is 5.92 Å². The van der Waals surface area contributed by atoms with Gasteiger partial charge in [-0.25, -0.2) is 4.68 Å². The number of hydrogen-bond acceptors (Lipinski definition) is 6. The van der Waals surface area contributed by atoms with Gasteiger partial charge >= 0.3 is 0 Å². The van der Waals surface area contributed by atoms with Gasteiger partial charge in [-0.15, -0.1) is 11.3 Å². The number of carbonyl (C=O) groups is 1. The minimum absolute atomic E-state index is 0.246. The fraction of sp³-hybridized carbons (Fsp3) is 0.375. The standard InChI is InChI=1S/C24H28N4O3S/c29-23-11-10-22(26-28(23)13-14-31-20-7-2-1-3-8-20)24(30)25-16-19-6-4-12-27(17-19)18-21-9-5-15-32-21/h1-3,5,7-11,15,19H,4,6,12-14,16-18H2,(H,25,30). The molecule has 0 spiro atoms. The van der Waals surface area contributed by atoms with E-state index in [4.69, 9.17) is 4.74 Å². The van der Waals surface area contributed by atoms with Crippen LogP contribution in [0.3, 0.4) is 0 Å². The van der Waals surface area contributed by atoms with Crippen molar-refractivity contribution in [3.8, 4) is 5.75 Å². The van der Waals surface area contributed by atoms with E-state index in [9.17, 15) is 9.59 Å². The number of piperidine rings is 1. The number of para-hydroxylation sites is 1. The molecule has 1 atom stereocenters. The monoisotopic (exact) mass is 452 g/mol. The highest BCUT2D eigenvalue weighted by molar-refractivity contribution is 7.09. The molecule has 1 N–H and O–H groups in total. The predicted molar refractivity (Wildman–Crippen MR) is 125 cm³/mol. The van der Waals surface area contributed by atoms with Gasteiger partial charge in [0, 0.05) is 30.6 Å². The molecule has 1 aromatic carbocycles. The molecule has 32 heavy (non-hydrogen) atoms. The highest BCUT2D eigenvalue weighted by atomic mass is 32.1. The largest absolute Gasteiger partial charge is 0.492 e. The van der Waals surface area contributed by atoms with E-state index in [1.165, 1.54) is 21.7 Å². The zero-order chi connectivity index (χ0) is 22.2. The van der Waals surface area contributed by atoms with E-state index in [0.717, 1.165) is 38.2 Å². The first-order chi connectivity index (χ1) is 15.7. The maximum atomic E-state index is 12.7. The Morgan fingerprint density at radius 3 is 2.84 bits per heavy atom. The molecule has 1 aliphatic rings. The molecule has 1 unspecified atom stereocenters. The van der Waals surface area contributed by atoms with E-state index in [-0.39, 0.29) is 23.7 Å². The number of carbonyl (C=O) groups excluding carboxylic acids is 1. The summed E-state index contributed by atoms with van der Waals surface area (Å²) >= 11 is 1.78. The van der Waals surface area contributed by atoms with Gasteiger partial charge in [-0.05, 0) is 54.9 Å². The van der Waals surface area contributed by atoms with Crippen LogP contribution in [-0.2, 0) is 13.1 Å². The average molecular weight is 453 g/mol.